The summed E-state index contributed by atoms with van der Waals surface area (Å²) in [6.07, 6.45) is 1.78. The SMILES string of the molecule is CCc1nc(CCN=C(N)Nc2ccccc2COC)cs1.I. The van der Waals surface area contributed by atoms with Crippen molar-refractivity contribution in [3.63, 3.8) is 0 Å². The smallest absolute Gasteiger partial charge is 0.193 e. The molecule has 0 aliphatic carbocycles. The molecular formula is C16H23IN4OS. The van der Waals surface area contributed by atoms with E-state index in [9.17, 15) is 0 Å². The number of aromatic nitrogens is 1. The Morgan fingerprint density at radius 3 is 2.87 bits per heavy atom. The van der Waals surface area contributed by atoms with E-state index in [0.29, 0.717) is 19.1 Å². The highest BCUT2D eigenvalue weighted by molar-refractivity contribution is 14.0. The number of thiazole rings is 1. The molecule has 0 atom stereocenters. The molecule has 1 aromatic carbocycles. The van der Waals surface area contributed by atoms with Gasteiger partial charge < -0.3 is 15.8 Å². The van der Waals surface area contributed by atoms with E-state index < -0.39 is 0 Å². The molecule has 0 radical (unpaired) electrons. The maximum atomic E-state index is 5.95. The van der Waals surface area contributed by atoms with Crippen LogP contribution in [-0.2, 0) is 24.2 Å². The second-order valence-electron chi connectivity index (χ2n) is 4.82. The van der Waals surface area contributed by atoms with Crippen LogP contribution in [0.2, 0.25) is 0 Å². The number of rotatable bonds is 7. The molecule has 3 N–H and O–H groups in total. The minimum atomic E-state index is 0. The van der Waals surface area contributed by atoms with Crippen LogP contribution < -0.4 is 11.1 Å². The summed E-state index contributed by atoms with van der Waals surface area (Å²) in [5.74, 6) is 0.412. The summed E-state index contributed by atoms with van der Waals surface area (Å²) < 4.78 is 5.17. The predicted molar refractivity (Wildman–Crippen MR) is 108 cm³/mol. The Morgan fingerprint density at radius 1 is 1.39 bits per heavy atom. The first-order valence-corrected chi connectivity index (χ1v) is 8.18. The van der Waals surface area contributed by atoms with Gasteiger partial charge in [-0.15, -0.1) is 35.3 Å². The third-order valence-corrected chi connectivity index (χ3v) is 4.17. The number of methoxy groups -OCH3 is 1. The van der Waals surface area contributed by atoms with Crippen LogP contribution in [0.15, 0.2) is 34.6 Å². The number of hydrogen-bond acceptors (Lipinski definition) is 4. The second-order valence-corrected chi connectivity index (χ2v) is 5.76. The van der Waals surface area contributed by atoms with Crippen LogP contribution in [-0.4, -0.2) is 24.6 Å². The van der Waals surface area contributed by atoms with E-state index in [1.54, 1.807) is 18.4 Å². The van der Waals surface area contributed by atoms with Crippen molar-refractivity contribution in [3.8, 4) is 0 Å². The standard InChI is InChI=1S/C16H22N4OS.HI/c1-3-15-19-13(11-22-15)8-9-18-16(17)20-14-7-5-4-6-12(14)10-21-2;/h4-7,11H,3,8-10H2,1-2H3,(H3,17,18,20);1H. The fraction of sp³-hybridized carbons (Fsp3) is 0.375. The minimum absolute atomic E-state index is 0. The zero-order valence-electron chi connectivity index (χ0n) is 13.4. The largest absolute Gasteiger partial charge is 0.380 e. The van der Waals surface area contributed by atoms with Crippen LogP contribution in [0.3, 0.4) is 0 Å². The highest BCUT2D eigenvalue weighted by Crippen LogP contribution is 2.15. The summed E-state index contributed by atoms with van der Waals surface area (Å²) in [6.45, 7) is 3.27. The molecule has 2 rings (SSSR count). The zero-order chi connectivity index (χ0) is 15.8. The van der Waals surface area contributed by atoms with Crippen LogP contribution in [0.1, 0.15) is 23.2 Å². The number of para-hydroxylation sites is 1. The van der Waals surface area contributed by atoms with Crippen molar-refractivity contribution in [1.82, 2.24) is 4.98 Å². The monoisotopic (exact) mass is 446 g/mol. The number of halogens is 1. The fourth-order valence-electron chi connectivity index (χ4n) is 2.02. The Hall–Kier alpha value is -1.19. The number of guanidine groups is 1. The third-order valence-electron chi connectivity index (χ3n) is 3.13. The van der Waals surface area contributed by atoms with Crippen molar-refractivity contribution < 1.29 is 4.74 Å². The van der Waals surface area contributed by atoms with Gasteiger partial charge in [-0.05, 0) is 12.5 Å². The highest BCUT2D eigenvalue weighted by atomic mass is 127. The summed E-state index contributed by atoms with van der Waals surface area (Å²) in [4.78, 5) is 8.88. The van der Waals surface area contributed by atoms with E-state index >= 15 is 0 Å². The van der Waals surface area contributed by atoms with Gasteiger partial charge in [0.25, 0.3) is 0 Å². The molecule has 0 fully saturated rings. The maximum absolute atomic E-state index is 5.95. The molecule has 0 amide bonds. The molecule has 0 saturated heterocycles. The van der Waals surface area contributed by atoms with Crippen LogP contribution in [0, 0.1) is 0 Å². The lowest BCUT2D eigenvalue weighted by Crippen LogP contribution is -2.23. The first kappa shape index (κ1) is 19.9. The number of benzene rings is 1. The van der Waals surface area contributed by atoms with E-state index in [2.05, 4.69) is 27.6 Å². The summed E-state index contributed by atoms with van der Waals surface area (Å²) >= 11 is 1.70. The Bertz CT molecular complexity index is 630. The number of anilines is 1. The molecule has 1 heterocycles. The number of hydrogen-bond donors (Lipinski definition) is 2. The molecule has 23 heavy (non-hydrogen) atoms. The Morgan fingerprint density at radius 2 is 2.17 bits per heavy atom. The molecule has 0 aliphatic heterocycles. The number of nitrogens with two attached hydrogens (primary N) is 1. The summed E-state index contributed by atoms with van der Waals surface area (Å²) in [6, 6.07) is 7.89. The Labute approximate surface area is 158 Å². The molecule has 2 aromatic rings. The van der Waals surface area contributed by atoms with Crippen molar-refractivity contribution >= 4 is 47.0 Å². The van der Waals surface area contributed by atoms with Crippen molar-refractivity contribution in [2.75, 3.05) is 19.0 Å². The highest BCUT2D eigenvalue weighted by Gasteiger charge is 2.03. The quantitative estimate of drug-likeness (QED) is 0.388. The van der Waals surface area contributed by atoms with Crippen LogP contribution >= 0.6 is 35.3 Å². The van der Waals surface area contributed by atoms with Gasteiger partial charge >= 0.3 is 0 Å². The molecule has 1 aromatic heterocycles. The van der Waals surface area contributed by atoms with E-state index in [-0.39, 0.29) is 24.0 Å². The first-order valence-electron chi connectivity index (χ1n) is 7.30. The molecule has 0 aliphatic rings. The molecule has 7 heteroatoms. The summed E-state index contributed by atoms with van der Waals surface area (Å²) in [7, 11) is 1.67. The normalized spacial score (nSPS) is 11.1. The first-order chi connectivity index (χ1) is 10.7. The van der Waals surface area contributed by atoms with Gasteiger partial charge in [0.2, 0.25) is 0 Å². The van der Waals surface area contributed by atoms with E-state index in [0.717, 1.165) is 29.8 Å². The predicted octanol–water partition coefficient (Wildman–Crippen LogP) is 3.44. The third kappa shape index (κ3) is 6.44. The maximum Gasteiger partial charge on any atom is 0.193 e. The van der Waals surface area contributed by atoms with Crippen molar-refractivity contribution in [3.05, 3.63) is 45.9 Å². The van der Waals surface area contributed by atoms with E-state index in [1.807, 2.05) is 24.3 Å². The number of aliphatic imine (C=N–C) groups is 1. The zero-order valence-corrected chi connectivity index (χ0v) is 16.6. The van der Waals surface area contributed by atoms with Crippen LogP contribution in [0.5, 0.6) is 0 Å². The van der Waals surface area contributed by atoms with Gasteiger partial charge in [-0.1, -0.05) is 25.1 Å². The lowest BCUT2D eigenvalue weighted by atomic mass is 10.2. The van der Waals surface area contributed by atoms with Crippen molar-refractivity contribution in [2.24, 2.45) is 10.7 Å². The topological polar surface area (TPSA) is 72.5 Å². The van der Waals surface area contributed by atoms with Gasteiger partial charge in [0.05, 0.1) is 17.3 Å². The number of aryl methyl sites for hydroxylation is 1. The molecule has 126 valence electrons. The van der Waals surface area contributed by atoms with Gasteiger partial charge in [-0.3, -0.25) is 4.99 Å². The minimum Gasteiger partial charge on any atom is -0.380 e. The average molecular weight is 446 g/mol. The van der Waals surface area contributed by atoms with Gasteiger partial charge in [0.1, 0.15) is 0 Å². The summed E-state index contributed by atoms with van der Waals surface area (Å²) in [5.41, 5.74) is 9.00. The Balaban J connectivity index is 0.00000264. The number of ether oxygens (including phenoxy) is 1. The average Bonchev–Trinajstić information content (AvgIpc) is 2.97. The second kappa shape index (κ2) is 10.6. The van der Waals surface area contributed by atoms with Crippen molar-refractivity contribution in [1.29, 1.82) is 0 Å². The molecule has 0 spiro atoms. The lowest BCUT2D eigenvalue weighted by Gasteiger charge is -2.10. The summed E-state index contributed by atoms with van der Waals surface area (Å²) in [5, 5.41) is 6.38. The molecule has 0 bridgehead atoms. The molecule has 0 unspecified atom stereocenters. The van der Waals surface area contributed by atoms with E-state index in [1.165, 1.54) is 5.01 Å². The molecule has 0 saturated carbocycles. The number of nitrogens with zero attached hydrogens (tertiary/aromatic N) is 2. The van der Waals surface area contributed by atoms with Crippen LogP contribution in [0.25, 0.3) is 0 Å². The van der Waals surface area contributed by atoms with Gasteiger partial charge in [0.15, 0.2) is 5.96 Å². The number of nitrogens with one attached hydrogen (secondary N) is 1. The van der Waals surface area contributed by atoms with Gasteiger partial charge in [-0.2, -0.15) is 0 Å². The van der Waals surface area contributed by atoms with Crippen molar-refractivity contribution in [2.45, 2.75) is 26.4 Å². The van der Waals surface area contributed by atoms with Crippen LogP contribution in [0.4, 0.5) is 5.69 Å². The van der Waals surface area contributed by atoms with Gasteiger partial charge in [0, 0.05) is 36.7 Å². The Kier molecular flexibility index (Phi) is 9.12. The lowest BCUT2D eigenvalue weighted by molar-refractivity contribution is 0.185. The fourth-order valence-corrected chi connectivity index (χ4v) is 2.80. The molecular weight excluding hydrogens is 423 g/mol. The van der Waals surface area contributed by atoms with E-state index in [4.69, 9.17) is 10.5 Å². The van der Waals surface area contributed by atoms with Gasteiger partial charge in [-0.25, -0.2) is 4.98 Å². The molecule has 5 nitrogen and oxygen atoms in total.